The average Bonchev–Trinajstić information content (AvgIpc) is 2.03. The number of hydrogen-bond acceptors (Lipinski definition) is 2. The van der Waals surface area contributed by atoms with E-state index < -0.39 is 5.25 Å². The van der Waals surface area contributed by atoms with E-state index in [1.165, 1.54) is 31.4 Å². The predicted octanol–water partition coefficient (Wildman–Crippen LogP) is 2.29. The van der Waals surface area contributed by atoms with Crippen LogP contribution in [0.1, 0.15) is 5.56 Å². The molecule has 0 aliphatic heterocycles. The van der Waals surface area contributed by atoms with E-state index in [2.05, 4.69) is 12.6 Å². The van der Waals surface area contributed by atoms with E-state index >= 15 is 0 Å². The molecule has 0 unspecified atom stereocenters. The van der Waals surface area contributed by atoms with Crippen LogP contribution in [0.5, 0.6) is 5.75 Å². The van der Waals surface area contributed by atoms with Crippen LogP contribution in [0, 0.1) is 0 Å². The maximum absolute atomic E-state index is 12.5. The number of ether oxygens (including phenoxy) is 1. The fourth-order valence-electron chi connectivity index (χ4n) is 0.785. The highest BCUT2D eigenvalue weighted by molar-refractivity contribution is 7.59. The van der Waals surface area contributed by atoms with Gasteiger partial charge in [0.05, 0.1) is 7.11 Å². The van der Waals surface area contributed by atoms with Crippen molar-refractivity contribution in [2.24, 2.45) is 0 Å². The quantitative estimate of drug-likeness (QED) is 0.660. The van der Waals surface area contributed by atoms with Crippen molar-refractivity contribution in [1.29, 1.82) is 0 Å². The van der Waals surface area contributed by atoms with Gasteiger partial charge in [-0.2, -0.15) is 0 Å². The highest BCUT2D eigenvalue weighted by atomic mass is 32.1. The van der Waals surface area contributed by atoms with Crippen LogP contribution in [0.15, 0.2) is 24.3 Å². The van der Waals surface area contributed by atoms with Gasteiger partial charge in [-0.3, -0.25) is 0 Å². The van der Waals surface area contributed by atoms with Crippen LogP contribution >= 0.6 is 0 Å². The van der Waals surface area contributed by atoms with Gasteiger partial charge in [-0.05, 0) is 17.7 Å². The first-order chi connectivity index (χ1) is 5.54. The minimum Gasteiger partial charge on any atom is -0.712 e. The number of rotatable bonds is 2. The highest BCUT2D eigenvalue weighted by Gasteiger charge is 2.13. The molecule has 0 atom stereocenters. The lowest BCUT2D eigenvalue weighted by Crippen LogP contribution is -2.07. The van der Waals surface area contributed by atoms with Crippen molar-refractivity contribution in [3.63, 3.8) is 0 Å². The minimum atomic E-state index is -3.19. The molecule has 0 saturated carbocycles. The zero-order valence-corrected chi connectivity index (χ0v) is 7.20. The van der Waals surface area contributed by atoms with E-state index in [-0.39, 0.29) is 5.56 Å². The molecule has 12 heavy (non-hydrogen) atoms. The maximum atomic E-state index is 12.5. The fourth-order valence-corrected chi connectivity index (χ4v) is 0.921. The summed E-state index contributed by atoms with van der Waals surface area (Å²) in [5, 5.41) is -3.19. The molecule has 1 nitrogen and oxygen atoms in total. The summed E-state index contributed by atoms with van der Waals surface area (Å²) in [6, 6.07) is 5.42. The van der Waals surface area contributed by atoms with Gasteiger partial charge in [-0.15, -0.1) is 0 Å². The van der Waals surface area contributed by atoms with Crippen molar-refractivity contribution >= 4 is 12.6 Å². The lowest BCUT2D eigenvalue weighted by atomic mass is 10.2. The standard InChI is InChI=1S/C8H8F2OS/c1-11-7-4-2-6(3-5-7)8(9,10)12/h2-5,12H,1H3/p-1. The Labute approximate surface area is 74.8 Å². The van der Waals surface area contributed by atoms with Crippen LogP contribution < -0.4 is 4.74 Å². The molecule has 1 aromatic carbocycles. The Morgan fingerprint density at radius 3 is 2.08 bits per heavy atom. The van der Waals surface area contributed by atoms with E-state index in [9.17, 15) is 8.78 Å². The second-order valence-corrected chi connectivity index (χ2v) is 2.76. The predicted molar refractivity (Wildman–Crippen MR) is 44.3 cm³/mol. The van der Waals surface area contributed by atoms with Gasteiger partial charge in [0.1, 0.15) is 5.75 Å². The van der Waals surface area contributed by atoms with E-state index in [0.717, 1.165) is 0 Å². The molecule has 0 amide bonds. The molecule has 4 heteroatoms. The number of benzene rings is 1. The molecule has 1 aromatic rings. The Balaban J connectivity index is 2.93. The molecule has 0 aromatic heterocycles. The van der Waals surface area contributed by atoms with Crippen LogP contribution in [-0.4, -0.2) is 7.11 Å². The van der Waals surface area contributed by atoms with Gasteiger partial charge in [0.15, 0.2) is 5.25 Å². The Morgan fingerprint density at radius 2 is 1.75 bits per heavy atom. The van der Waals surface area contributed by atoms with Gasteiger partial charge in [0.2, 0.25) is 0 Å². The average molecular weight is 189 g/mol. The van der Waals surface area contributed by atoms with Crippen LogP contribution in [0.3, 0.4) is 0 Å². The third-order valence-corrected chi connectivity index (χ3v) is 1.66. The first kappa shape index (κ1) is 9.32. The van der Waals surface area contributed by atoms with E-state index in [1.807, 2.05) is 0 Å². The normalized spacial score (nSPS) is 11.3. The van der Waals surface area contributed by atoms with E-state index in [4.69, 9.17) is 4.74 Å². The SMILES string of the molecule is COc1ccc(C(F)(F)[S-])cc1. The summed E-state index contributed by atoms with van der Waals surface area (Å²) in [4.78, 5) is 0. The maximum Gasteiger partial charge on any atom is 0.162 e. The topological polar surface area (TPSA) is 9.23 Å². The molecular weight excluding hydrogens is 182 g/mol. The molecule has 0 aliphatic carbocycles. The van der Waals surface area contributed by atoms with Crippen LogP contribution in [-0.2, 0) is 17.9 Å². The monoisotopic (exact) mass is 189 g/mol. The summed E-state index contributed by atoms with van der Waals surface area (Å²) in [7, 11) is 1.47. The molecule has 66 valence electrons. The van der Waals surface area contributed by atoms with Gasteiger partial charge < -0.3 is 17.4 Å². The molecule has 0 aliphatic rings. The number of alkyl halides is 2. The minimum absolute atomic E-state index is 0.182. The van der Waals surface area contributed by atoms with Gasteiger partial charge in [0.25, 0.3) is 0 Å². The largest absolute Gasteiger partial charge is 0.712 e. The Kier molecular flexibility index (Phi) is 2.57. The Bertz CT molecular complexity index is 253. The van der Waals surface area contributed by atoms with Crippen LogP contribution in [0.4, 0.5) is 8.78 Å². The number of hydrogen-bond donors (Lipinski definition) is 0. The third kappa shape index (κ3) is 2.11. The summed E-state index contributed by atoms with van der Waals surface area (Å²) in [5.74, 6) is 0.540. The van der Waals surface area contributed by atoms with Crippen LogP contribution in [0.25, 0.3) is 0 Å². The number of halogens is 2. The molecule has 0 heterocycles. The first-order valence-corrected chi connectivity index (χ1v) is 3.67. The second kappa shape index (κ2) is 3.31. The number of methoxy groups -OCH3 is 1. The van der Waals surface area contributed by atoms with Crippen molar-refractivity contribution in [3.8, 4) is 5.75 Å². The van der Waals surface area contributed by atoms with Gasteiger partial charge in [-0.1, -0.05) is 12.1 Å². The third-order valence-electron chi connectivity index (χ3n) is 1.43. The lowest BCUT2D eigenvalue weighted by Gasteiger charge is -2.22. The molecule has 0 N–H and O–H groups in total. The van der Waals surface area contributed by atoms with Crippen molar-refractivity contribution in [2.45, 2.75) is 5.25 Å². The van der Waals surface area contributed by atoms with Gasteiger partial charge in [-0.25, -0.2) is 8.78 Å². The van der Waals surface area contributed by atoms with Crippen molar-refractivity contribution < 1.29 is 13.5 Å². The summed E-state index contributed by atoms with van der Waals surface area (Å²) in [6.45, 7) is 0. The summed E-state index contributed by atoms with van der Waals surface area (Å²) < 4.78 is 29.7. The Hall–Kier alpha value is -0.770. The summed E-state index contributed by atoms with van der Waals surface area (Å²) in [5.41, 5.74) is -0.182. The molecule has 0 radical (unpaired) electrons. The van der Waals surface area contributed by atoms with Crippen LogP contribution in [0.2, 0.25) is 0 Å². The molecular formula is C8H7F2OS-. The molecule has 0 fully saturated rings. The van der Waals surface area contributed by atoms with Gasteiger partial charge >= 0.3 is 0 Å². The lowest BCUT2D eigenvalue weighted by molar-refractivity contribution is 0.107. The molecule has 1 rings (SSSR count). The molecule has 0 saturated heterocycles. The van der Waals surface area contributed by atoms with Crippen molar-refractivity contribution in [1.82, 2.24) is 0 Å². The van der Waals surface area contributed by atoms with E-state index in [1.54, 1.807) is 0 Å². The van der Waals surface area contributed by atoms with E-state index in [0.29, 0.717) is 5.75 Å². The zero-order valence-electron chi connectivity index (χ0n) is 6.38. The second-order valence-electron chi connectivity index (χ2n) is 2.25. The first-order valence-electron chi connectivity index (χ1n) is 3.27. The Morgan fingerprint density at radius 1 is 1.25 bits per heavy atom. The fraction of sp³-hybridized carbons (Fsp3) is 0.250. The van der Waals surface area contributed by atoms with Crippen molar-refractivity contribution in [3.05, 3.63) is 29.8 Å². The zero-order chi connectivity index (χ0) is 9.19. The van der Waals surface area contributed by atoms with Gasteiger partial charge in [0, 0.05) is 0 Å². The highest BCUT2D eigenvalue weighted by Crippen LogP contribution is 2.26. The summed E-state index contributed by atoms with van der Waals surface area (Å²) in [6.07, 6.45) is 0. The summed E-state index contributed by atoms with van der Waals surface area (Å²) >= 11 is 3.96. The molecule has 0 spiro atoms. The molecule has 0 bridgehead atoms. The smallest absolute Gasteiger partial charge is 0.162 e. The van der Waals surface area contributed by atoms with Crippen molar-refractivity contribution in [2.75, 3.05) is 7.11 Å².